The average Bonchev–Trinajstić information content (AvgIpc) is 2.75. The molecular weight excluding hydrogens is 216 g/mol. The highest BCUT2D eigenvalue weighted by Crippen LogP contribution is 2.30. The van der Waals surface area contributed by atoms with Crippen LogP contribution < -0.4 is 0 Å². The van der Waals surface area contributed by atoms with Gasteiger partial charge in [-0.15, -0.1) is 0 Å². The second-order valence-corrected chi connectivity index (χ2v) is 4.36. The summed E-state index contributed by atoms with van der Waals surface area (Å²) in [6, 6.07) is 10.1. The Labute approximate surface area is 98.0 Å². The summed E-state index contributed by atoms with van der Waals surface area (Å²) in [6.07, 6.45) is 2.73. The zero-order chi connectivity index (χ0) is 10.8. The van der Waals surface area contributed by atoms with E-state index in [-0.39, 0.29) is 0 Å². The van der Waals surface area contributed by atoms with E-state index in [0.29, 0.717) is 0 Å². The zero-order valence-electron chi connectivity index (χ0n) is 8.63. The molecule has 0 amide bonds. The van der Waals surface area contributed by atoms with Gasteiger partial charge in [-0.1, -0.05) is 12.1 Å². The van der Waals surface area contributed by atoms with Gasteiger partial charge in [-0.25, -0.2) is 0 Å². The van der Waals surface area contributed by atoms with Crippen LogP contribution in [-0.2, 0) is 0 Å². The molecule has 0 N–H and O–H groups in total. The lowest BCUT2D eigenvalue weighted by molar-refractivity contribution is 1.46. The number of fused-ring (bicyclic) bond motifs is 1. The third kappa shape index (κ3) is 1.70. The fourth-order valence-electron chi connectivity index (χ4n) is 1.70. The number of rotatable bonds is 1. The Bertz CT molecular complexity index is 553. The van der Waals surface area contributed by atoms with Crippen molar-refractivity contribution >= 4 is 34.6 Å². The molecule has 1 aromatic heterocycles. The first-order chi connectivity index (χ1) is 7.93. The Morgan fingerprint density at radius 1 is 1.06 bits per heavy atom. The van der Waals surface area contributed by atoms with Gasteiger partial charge in [0, 0.05) is 18.2 Å². The molecule has 0 fully saturated rings. The Hall–Kier alpha value is -1.74. The lowest BCUT2D eigenvalue weighted by atomic mass is 10.1. The molecule has 16 heavy (non-hydrogen) atoms. The largest absolute Gasteiger partial charge is 0.259 e. The van der Waals surface area contributed by atoms with E-state index in [4.69, 9.17) is 0 Å². The Morgan fingerprint density at radius 2 is 1.94 bits per heavy atom. The smallest absolute Gasteiger partial charge is 0.0889 e. The van der Waals surface area contributed by atoms with Gasteiger partial charge in [0.2, 0.25) is 0 Å². The molecule has 0 saturated carbocycles. The van der Waals surface area contributed by atoms with Crippen LogP contribution in [0.5, 0.6) is 0 Å². The van der Waals surface area contributed by atoms with Crippen molar-refractivity contribution in [3.8, 4) is 0 Å². The molecule has 3 rings (SSSR count). The van der Waals surface area contributed by atoms with E-state index in [0.717, 1.165) is 23.5 Å². The molecule has 2 heterocycles. The minimum absolute atomic E-state index is 0.797. The standard InChI is InChI=1S/C13H10N2S/c1-2-4-13-12(3-1)14-7-5-11(15-13)10-6-8-16-9-10/h1-4,6-9H,5H2. The molecular formula is C13H10N2S. The molecule has 1 aliphatic heterocycles. The first-order valence-corrected chi connectivity index (χ1v) is 6.09. The molecule has 0 radical (unpaired) electrons. The molecule has 2 nitrogen and oxygen atoms in total. The van der Waals surface area contributed by atoms with Crippen molar-refractivity contribution in [3.05, 3.63) is 46.7 Å². The average molecular weight is 226 g/mol. The monoisotopic (exact) mass is 226 g/mol. The van der Waals surface area contributed by atoms with Crippen LogP contribution in [0.1, 0.15) is 12.0 Å². The summed E-state index contributed by atoms with van der Waals surface area (Å²) in [6.45, 7) is 0. The summed E-state index contributed by atoms with van der Waals surface area (Å²) in [5.74, 6) is 0. The number of benzene rings is 1. The maximum absolute atomic E-state index is 4.68. The van der Waals surface area contributed by atoms with Gasteiger partial charge in [0.15, 0.2) is 0 Å². The van der Waals surface area contributed by atoms with Crippen LogP contribution in [0.3, 0.4) is 0 Å². The van der Waals surface area contributed by atoms with Crippen molar-refractivity contribution in [2.24, 2.45) is 9.98 Å². The highest BCUT2D eigenvalue weighted by Gasteiger charge is 2.08. The van der Waals surface area contributed by atoms with E-state index < -0.39 is 0 Å². The van der Waals surface area contributed by atoms with E-state index in [1.54, 1.807) is 11.3 Å². The van der Waals surface area contributed by atoms with Gasteiger partial charge in [0.1, 0.15) is 0 Å². The highest BCUT2D eigenvalue weighted by molar-refractivity contribution is 7.08. The quantitative estimate of drug-likeness (QED) is 0.702. The molecule has 0 atom stereocenters. The molecule has 2 aromatic rings. The molecule has 1 aromatic carbocycles. The molecule has 3 heteroatoms. The van der Waals surface area contributed by atoms with Crippen LogP contribution in [0, 0.1) is 0 Å². The number of aliphatic imine (C=N–C) groups is 2. The third-order valence-corrected chi connectivity index (χ3v) is 3.19. The van der Waals surface area contributed by atoms with Gasteiger partial charge >= 0.3 is 0 Å². The highest BCUT2D eigenvalue weighted by atomic mass is 32.1. The lowest BCUT2D eigenvalue weighted by Gasteiger charge is -2.00. The van der Waals surface area contributed by atoms with Gasteiger partial charge in [-0.05, 0) is 29.0 Å². The van der Waals surface area contributed by atoms with E-state index >= 15 is 0 Å². The van der Waals surface area contributed by atoms with E-state index in [1.807, 2.05) is 30.5 Å². The third-order valence-electron chi connectivity index (χ3n) is 2.51. The fourth-order valence-corrected chi connectivity index (χ4v) is 2.37. The fraction of sp³-hybridized carbons (Fsp3) is 0.0769. The SMILES string of the molecule is C1=Nc2ccccc2N=C(c2ccsc2)C1. The first kappa shape index (κ1) is 9.48. The van der Waals surface area contributed by atoms with Gasteiger partial charge in [-0.2, -0.15) is 11.3 Å². The Morgan fingerprint density at radius 3 is 2.75 bits per heavy atom. The molecule has 0 spiro atoms. The Kier molecular flexibility index (Phi) is 2.38. The summed E-state index contributed by atoms with van der Waals surface area (Å²) in [5, 5.41) is 4.20. The van der Waals surface area contributed by atoms with Crippen molar-refractivity contribution in [3.63, 3.8) is 0 Å². The van der Waals surface area contributed by atoms with Crippen LogP contribution in [0.4, 0.5) is 11.4 Å². The summed E-state index contributed by atoms with van der Waals surface area (Å²) < 4.78 is 0. The van der Waals surface area contributed by atoms with Crippen molar-refractivity contribution in [2.75, 3.05) is 0 Å². The molecule has 0 unspecified atom stereocenters. The van der Waals surface area contributed by atoms with E-state index in [2.05, 4.69) is 26.8 Å². The summed E-state index contributed by atoms with van der Waals surface area (Å²) in [7, 11) is 0. The van der Waals surface area contributed by atoms with Crippen LogP contribution in [0.25, 0.3) is 0 Å². The predicted octanol–water partition coefficient (Wildman–Crippen LogP) is 3.97. The second kappa shape index (κ2) is 4.02. The number of para-hydroxylation sites is 2. The predicted molar refractivity (Wildman–Crippen MR) is 69.7 cm³/mol. The maximum Gasteiger partial charge on any atom is 0.0889 e. The minimum atomic E-state index is 0.797. The molecule has 1 aliphatic rings. The van der Waals surface area contributed by atoms with Crippen LogP contribution in [0.2, 0.25) is 0 Å². The lowest BCUT2D eigenvalue weighted by Crippen LogP contribution is -1.98. The zero-order valence-corrected chi connectivity index (χ0v) is 9.45. The summed E-state index contributed by atoms with van der Waals surface area (Å²) in [4.78, 5) is 9.09. The van der Waals surface area contributed by atoms with E-state index in [9.17, 15) is 0 Å². The van der Waals surface area contributed by atoms with Crippen LogP contribution >= 0.6 is 11.3 Å². The number of hydrogen-bond acceptors (Lipinski definition) is 3. The van der Waals surface area contributed by atoms with Gasteiger partial charge in [0.25, 0.3) is 0 Å². The van der Waals surface area contributed by atoms with Crippen molar-refractivity contribution < 1.29 is 0 Å². The molecule has 78 valence electrons. The van der Waals surface area contributed by atoms with Crippen molar-refractivity contribution in [2.45, 2.75) is 6.42 Å². The van der Waals surface area contributed by atoms with E-state index in [1.165, 1.54) is 5.56 Å². The second-order valence-electron chi connectivity index (χ2n) is 3.58. The Balaban J connectivity index is 2.11. The number of nitrogens with zero attached hydrogens (tertiary/aromatic N) is 2. The molecule has 0 saturated heterocycles. The van der Waals surface area contributed by atoms with Crippen molar-refractivity contribution in [1.82, 2.24) is 0 Å². The molecule has 0 aliphatic carbocycles. The normalized spacial score (nSPS) is 14.1. The van der Waals surface area contributed by atoms with Gasteiger partial charge in [-0.3, -0.25) is 9.98 Å². The number of thiophene rings is 1. The molecule has 0 bridgehead atoms. The maximum atomic E-state index is 4.68. The number of hydrogen-bond donors (Lipinski definition) is 0. The van der Waals surface area contributed by atoms with Crippen molar-refractivity contribution in [1.29, 1.82) is 0 Å². The van der Waals surface area contributed by atoms with Crippen LogP contribution in [-0.4, -0.2) is 11.9 Å². The minimum Gasteiger partial charge on any atom is -0.259 e. The summed E-state index contributed by atoms with van der Waals surface area (Å²) in [5.41, 5.74) is 4.20. The summed E-state index contributed by atoms with van der Waals surface area (Å²) >= 11 is 1.70. The van der Waals surface area contributed by atoms with Gasteiger partial charge in [0.05, 0.1) is 17.1 Å². The first-order valence-electron chi connectivity index (χ1n) is 5.15. The van der Waals surface area contributed by atoms with Gasteiger partial charge < -0.3 is 0 Å². The van der Waals surface area contributed by atoms with Crippen LogP contribution in [0.15, 0.2) is 51.1 Å². The topological polar surface area (TPSA) is 24.7 Å².